The van der Waals surface area contributed by atoms with Crippen molar-refractivity contribution in [3.63, 3.8) is 0 Å². The normalized spacial score (nSPS) is 12.4. The van der Waals surface area contributed by atoms with Crippen molar-refractivity contribution in [1.29, 1.82) is 0 Å². The van der Waals surface area contributed by atoms with E-state index in [9.17, 15) is 0 Å². The van der Waals surface area contributed by atoms with E-state index in [0.29, 0.717) is 6.04 Å². The van der Waals surface area contributed by atoms with Gasteiger partial charge in [0.1, 0.15) is 0 Å². The molecule has 21 heavy (non-hydrogen) atoms. The van der Waals surface area contributed by atoms with Gasteiger partial charge in [-0.15, -0.1) is 0 Å². The van der Waals surface area contributed by atoms with E-state index in [0.717, 1.165) is 39.3 Å². The van der Waals surface area contributed by atoms with Crippen LogP contribution in [0.5, 0.6) is 0 Å². The lowest BCUT2D eigenvalue weighted by Crippen LogP contribution is -2.30. The Morgan fingerprint density at radius 3 is 2.10 bits per heavy atom. The maximum atomic E-state index is 5.19. The van der Waals surface area contributed by atoms with Gasteiger partial charge in [-0.25, -0.2) is 0 Å². The lowest BCUT2D eigenvalue weighted by molar-refractivity contribution is 0.190. The fourth-order valence-electron chi connectivity index (χ4n) is 2.23. The predicted octanol–water partition coefficient (Wildman–Crippen LogP) is 2.85. The van der Waals surface area contributed by atoms with E-state index in [4.69, 9.17) is 9.47 Å². The molecule has 1 rings (SSSR count). The largest absolute Gasteiger partial charge is 0.383 e. The molecule has 0 spiro atoms. The highest BCUT2D eigenvalue weighted by Gasteiger charge is 2.08. The van der Waals surface area contributed by atoms with Gasteiger partial charge in [0.2, 0.25) is 0 Å². The maximum absolute atomic E-state index is 5.19. The fraction of sp³-hybridized carbons (Fsp3) is 0.647. The lowest BCUT2D eigenvalue weighted by Gasteiger charge is -2.25. The molecule has 0 saturated heterocycles. The number of ether oxygens (including phenoxy) is 2. The molecule has 1 N–H and O–H groups in total. The second-order valence-corrected chi connectivity index (χ2v) is 5.24. The van der Waals surface area contributed by atoms with E-state index in [1.807, 2.05) is 0 Å². The van der Waals surface area contributed by atoms with E-state index in [-0.39, 0.29) is 0 Å². The lowest BCUT2D eigenvalue weighted by atomic mass is 10.1. The van der Waals surface area contributed by atoms with Gasteiger partial charge >= 0.3 is 0 Å². The van der Waals surface area contributed by atoms with Crippen molar-refractivity contribution in [2.75, 3.05) is 52.0 Å². The molecule has 0 bridgehead atoms. The molecule has 0 fully saturated rings. The van der Waals surface area contributed by atoms with Gasteiger partial charge in [-0.05, 0) is 37.6 Å². The summed E-state index contributed by atoms with van der Waals surface area (Å²) in [6.45, 7) is 8.65. The number of hydrogen-bond donors (Lipinski definition) is 1. The zero-order chi connectivity index (χ0) is 15.5. The molecule has 0 amide bonds. The van der Waals surface area contributed by atoms with Crippen LogP contribution in [0.3, 0.4) is 0 Å². The fourth-order valence-corrected chi connectivity index (χ4v) is 2.23. The summed E-state index contributed by atoms with van der Waals surface area (Å²) in [4.78, 5) is 2.29. The van der Waals surface area contributed by atoms with Crippen LogP contribution in [-0.2, 0) is 9.47 Å². The second kappa shape index (κ2) is 10.6. The zero-order valence-corrected chi connectivity index (χ0v) is 13.9. The van der Waals surface area contributed by atoms with Gasteiger partial charge < -0.3 is 19.7 Å². The maximum Gasteiger partial charge on any atom is 0.0637 e. The first-order chi connectivity index (χ1) is 10.2. The first kappa shape index (κ1) is 18.0. The topological polar surface area (TPSA) is 33.7 Å². The van der Waals surface area contributed by atoms with Gasteiger partial charge in [-0.1, -0.05) is 19.1 Å². The Bertz CT molecular complexity index is 360. The van der Waals surface area contributed by atoms with Gasteiger partial charge in [0.05, 0.1) is 13.2 Å². The summed E-state index contributed by atoms with van der Waals surface area (Å²) < 4.78 is 10.4. The highest BCUT2D eigenvalue weighted by Crippen LogP contribution is 2.19. The van der Waals surface area contributed by atoms with Crippen molar-refractivity contribution in [2.24, 2.45) is 0 Å². The molecule has 0 aliphatic rings. The van der Waals surface area contributed by atoms with Crippen molar-refractivity contribution in [2.45, 2.75) is 26.3 Å². The Balaban J connectivity index is 2.67. The Kier molecular flexibility index (Phi) is 9.06. The molecule has 0 aromatic heterocycles. The average molecular weight is 294 g/mol. The predicted molar refractivity (Wildman–Crippen MR) is 89.1 cm³/mol. The number of hydrogen-bond acceptors (Lipinski definition) is 4. The highest BCUT2D eigenvalue weighted by atomic mass is 16.5. The molecular weight excluding hydrogens is 264 g/mol. The van der Waals surface area contributed by atoms with Gasteiger partial charge in [0.15, 0.2) is 0 Å². The van der Waals surface area contributed by atoms with Crippen LogP contribution in [0, 0.1) is 0 Å². The third-order valence-corrected chi connectivity index (χ3v) is 3.59. The summed E-state index contributed by atoms with van der Waals surface area (Å²) in [5.41, 5.74) is 2.54. The highest BCUT2D eigenvalue weighted by molar-refractivity contribution is 5.48. The Morgan fingerprint density at radius 1 is 1.05 bits per heavy atom. The molecular formula is C17H30N2O2. The van der Waals surface area contributed by atoms with Gasteiger partial charge in [0, 0.05) is 39.0 Å². The molecule has 0 aliphatic carbocycles. The summed E-state index contributed by atoms with van der Waals surface area (Å²) in [5, 5.41) is 3.51. The smallest absolute Gasteiger partial charge is 0.0637 e. The van der Waals surface area contributed by atoms with Gasteiger partial charge in [-0.2, -0.15) is 0 Å². The van der Waals surface area contributed by atoms with Crippen molar-refractivity contribution < 1.29 is 9.47 Å². The number of benzene rings is 1. The number of methoxy groups -OCH3 is 2. The van der Waals surface area contributed by atoms with Crippen LogP contribution in [0.1, 0.15) is 31.9 Å². The Morgan fingerprint density at radius 2 is 1.62 bits per heavy atom. The minimum atomic E-state index is 0.394. The third-order valence-electron chi connectivity index (χ3n) is 3.59. The molecule has 0 radical (unpaired) electrons. The average Bonchev–Trinajstić information content (AvgIpc) is 2.53. The van der Waals surface area contributed by atoms with E-state index < -0.39 is 0 Å². The molecule has 4 nitrogen and oxygen atoms in total. The van der Waals surface area contributed by atoms with E-state index in [1.165, 1.54) is 11.3 Å². The molecule has 120 valence electrons. The molecule has 1 aromatic carbocycles. The van der Waals surface area contributed by atoms with Crippen LogP contribution in [0.2, 0.25) is 0 Å². The minimum absolute atomic E-state index is 0.394. The molecule has 0 saturated carbocycles. The van der Waals surface area contributed by atoms with E-state index in [1.54, 1.807) is 14.2 Å². The SMILES string of the molecule is CCCNC(C)c1ccc(N(CCOC)CCOC)cc1. The number of nitrogens with one attached hydrogen (secondary N) is 1. The standard InChI is InChI=1S/C17H30N2O2/c1-5-10-18-15(2)16-6-8-17(9-7-16)19(11-13-20-3)12-14-21-4/h6-9,15,18H,5,10-14H2,1-4H3. The van der Waals surface area contributed by atoms with Gasteiger partial charge in [0.25, 0.3) is 0 Å². The summed E-state index contributed by atoms with van der Waals surface area (Å²) in [6, 6.07) is 9.17. The molecule has 1 aromatic rings. The first-order valence-electron chi connectivity index (χ1n) is 7.79. The summed E-state index contributed by atoms with van der Waals surface area (Å²) in [6.07, 6.45) is 1.16. The molecule has 1 unspecified atom stereocenters. The minimum Gasteiger partial charge on any atom is -0.383 e. The second-order valence-electron chi connectivity index (χ2n) is 5.24. The monoisotopic (exact) mass is 294 g/mol. The summed E-state index contributed by atoms with van der Waals surface area (Å²) in [5.74, 6) is 0. The van der Waals surface area contributed by atoms with Crippen LogP contribution < -0.4 is 10.2 Å². The quantitative estimate of drug-likeness (QED) is 0.680. The third kappa shape index (κ3) is 6.46. The van der Waals surface area contributed by atoms with Crippen molar-refractivity contribution >= 4 is 5.69 Å². The zero-order valence-electron chi connectivity index (χ0n) is 13.9. The van der Waals surface area contributed by atoms with Crippen LogP contribution in [-0.4, -0.2) is 47.1 Å². The van der Waals surface area contributed by atoms with Gasteiger partial charge in [-0.3, -0.25) is 0 Å². The first-order valence-corrected chi connectivity index (χ1v) is 7.79. The van der Waals surface area contributed by atoms with Crippen molar-refractivity contribution in [3.05, 3.63) is 29.8 Å². The summed E-state index contributed by atoms with van der Waals surface area (Å²) in [7, 11) is 3.47. The summed E-state index contributed by atoms with van der Waals surface area (Å²) >= 11 is 0. The van der Waals surface area contributed by atoms with E-state index in [2.05, 4.69) is 48.3 Å². The number of rotatable bonds is 11. The molecule has 1 atom stereocenters. The Hall–Kier alpha value is -1.10. The number of nitrogens with zero attached hydrogens (tertiary/aromatic N) is 1. The molecule has 0 heterocycles. The molecule has 4 heteroatoms. The molecule has 0 aliphatic heterocycles. The van der Waals surface area contributed by atoms with Crippen molar-refractivity contribution in [3.8, 4) is 0 Å². The Labute approximate surface area is 129 Å². The van der Waals surface area contributed by atoms with Crippen LogP contribution in [0.4, 0.5) is 5.69 Å². The van der Waals surface area contributed by atoms with Crippen molar-refractivity contribution in [1.82, 2.24) is 5.32 Å². The number of anilines is 1. The van der Waals surface area contributed by atoms with Crippen LogP contribution >= 0.6 is 0 Å². The van der Waals surface area contributed by atoms with Crippen LogP contribution in [0.25, 0.3) is 0 Å². The van der Waals surface area contributed by atoms with Crippen LogP contribution in [0.15, 0.2) is 24.3 Å². The van der Waals surface area contributed by atoms with E-state index >= 15 is 0 Å².